The highest BCUT2D eigenvalue weighted by Gasteiger charge is 2.56. The van der Waals surface area contributed by atoms with E-state index in [1.54, 1.807) is 0 Å². The quantitative estimate of drug-likeness (QED) is 0.504. The van der Waals surface area contributed by atoms with E-state index < -0.39 is 34.9 Å². The second-order valence-corrected chi connectivity index (χ2v) is 9.59. The number of amides is 2. The number of carbonyl (C=O) groups excluding carboxylic acids is 2. The fourth-order valence-corrected chi connectivity index (χ4v) is 5.26. The summed E-state index contributed by atoms with van der Waals surface area (Å²) >= 11 is 5.65. The van der Waals surface area contributed by atoms with Crippen LogP contribution in [-0.2, 0) is 14.3 Å². The Bertz CT molecular complexity index is 892. The summed E-state index contributed by atoms with van der Waals surface area (Å²) in [5.41, 5.74) is -1.25. The Balaban J connectivity index is 1.32. The number of rotatable bonds is 6. The molecule has 0 radical (unpaired) electrons. The Hall–Kier alpha value is -1.94. The molecular formula is C22H29ClFN3O5. The van der Waals surface area contributed by atoms with Gasteiger partial charge in [0.1, 0.15) is 23.8 Å². The molecule has 0 aromatic heterocycles. The zero-order valence-electron chi connectivity index (χ0n) is 18.1. The van der Waals surface area contributed by atoms with Crippen molar-refractivity contribution in [3.63, 3.8) is 0 Å². The molecule has 4 N–H and O–H groups in total. The van der Waals surface area contributed by atoms with Crippen LogP contribution in [-0.4, -0.2) is 59.1 Å². The molecule has 3 saturated carbocycles. The number of nitrogens with one attached hydrogen (secondary N) is 3. The van der Waals surface area contributed by atoms with Gasteiger partial charge in [-0.25, -0.2) is 4.39 Å². The molecule has 1 saturated heterocycles. The Morgan fingerprint density at radius 2 is 2.00 bits per heavy atom. The summed E-state index contributed by atoms with van der Waals surface area (Å²) in [6.45, 7) is 3.41. The van der Waals surface area contributed by atoms with E-state index in [0.29, 0.717) is 32.1 Å². The van der Waals surface area contributed by atoms with Crippen molar-refractivity contribution in [1.29, 1.82) is 0 Å². The summed E-state index contributed by atoms with van der Waals surface area (Å²) in [6.07, 6.45) is 1.52. The minimum absolute atomic E-state index is 0.0241. The van der Waals surface area contributed by atoms with Crippen molar-refractivity contribution in [3.05, 3.63) is 29.0 Å². The standard InChI is InChI=1S/C22H29ClFN3O5/c1-12-19(25-13(2)32-12)20(30)27-21-5-7-22(8-6-21,17(28)10-21)26-18(29)11-31-14-3-4-15(23)16(24)9-14/h3-4,9,12-13,17,19,25,28H,5-8,10-11H2,1-2H3,(H,26,29)(H,27,30). The lowest BCUT2D eigenvalue weighted by atomic mass is 9.59. The first-order chi connectivity index (χ1) is 15.1. The molecule has 2 bridgehead atoms. The number of aliphatic hydroxyl groups is 1. The lowest BCUT2D eigenvalue weighted by Crippen LogP contribution is -2.71. The van der Waals surface area contributed by atoms with Crippen LogP contribution in [0.4, 0.5) is 4.39 Å². The SMILES string of the molecule is CC1NC(C(=O)NC23CCC(NC(=O)COc4ccc(Cl)c(F)c4)(CC2)C(O)C3)C(C)O1. The van der Waals surface area contributed by atoms with Gasteiger partial charge in [0.25, 0.3) is 5.91 Å². The highest BCUT2D eigenvalue weighted by atomic mass is 35.5. The summed E-state index contributed by atoms with van der Waals surface area (Å²) in [7, 11) is 0. The van der Waals surface area contributed by atoms with Crippen LogP contribution >= 0.6 is 11.6 Å². The molecule has 1 heterocycles. The number of carbonyl (C=O) groups is 2. The van der Waals surface area contributed by atoms with E-state index in [-0.39, 0.29) is 35.6 Å². The second kappa shape index (κ2) is 8.78. The molecule has 3 aliphatic carbocycles. The summed E-state index contributed by atoms with van der Waals surface area (Å²) < 4.78 is 24.5. The van der Waals surface area contributed by atoms with Gasteiger partial charge in [0, 0.05) is 11.6 Å². The lowest BCUT2D eigenvalue weighted by molar-refractivity contribution is -0.137. The maximum atomic E-state index is 13.5. The Morgan fingerprint density at radius 3 is 2.59 bits per heavy atom. The average Bonchev–Trinajstić information content (AvgIpc) is 3.08. The highest BCUT2D eigenvalue weighted by Crippen LogP contribution is 2.47. The second-order valence-electron chi connectivity index (χ2n) is 9.19. The molecule has 4 fully saturated rings. The third-order valence-electron chi connectivity index (χ3n) is 6.94. The number of hydrogen-bond acceptors (Lipinski definition) is 6. The van der Waals surface area contributed by atoms with Gasteiger partial charge in [0.2, 0.25) is 5.91 Å². The molecule has 176 valence electrons. The van der Waals surface area contributed by atoms with Gasteiger partial charge in [0.15, 0.2) is 6.61 Å². The van der Waals surface area contributed by atoms with Gasteiger partial charge < -0.3 is 25.2 Å². The van der Waals surface area contributed by atoms with E-state index in [2.05, 4.69) is 16.0 Å². The molecule has 10 heteroatoms. The van der Waals surface area contributed by atoms with Gasteiger partial charge in [-0.15, -0.1) is 0 Å². The molecule has 32 heavy (non-hydrogen) atoms. The molecule has 5 rings (SSSR count). The van der Waals surface area contributed by atoms with Gasteiger partial charge in [-0.05, 0) is 58.1 Å². The summed E-state index contributed by atoms with van der Waals surface area (Å²) in [6, 6.07) is 3.53. The smallest absolute Gasteiger partial charge is 0.258 e. The fraction of sp³-hybridized carbons (Fsp3) is 0.636. The third kappa shape index (κ3) is 4.57. The average molecular weight is 470 g/mol. The first-order valence-corrected chi connectivity index (χ1v) is 11.3. The van der Waals surface area contributed by atoms with Gasteiger partial charge in [-0.1, -0.05) is 11.6 Å². The van der Waals surface area contributed by atoms with Gasteiger partial charge in [0.05, 0.1) is 22.8 Å². The minimum Gasteiger partial charge on any atom is -0.484 e. The summed E-state index contributed by atoms with van der Waals surface area (Å²) in [4.78, 5) is 25.3. The predicted octanol–water partition coefficient (Wildman–Crippen LogP) is 1.63. The lowest BCUT2D eigenvalue weighted by Gasteiger charge is -2.56. The molecule has 8 nitrogen and oxygen atoms in total. The van der Waals surface area contributed by atoms with Crippen LogP contribution in [0.3, 0.4) is 0 Å². The Morgan fingerprint density at radius 1 is 1.28 bits per heavy atom. The number of benzene rings is 1. The Labute approximate surface area is 191 Å². The van der Waals surface area contributed by atoms with Crippen LogP contribution in [0.2, 0.25) is 5.02 Å². The molecule has 1 aromatic rings. The number of aliphatic hydroxyl groups excluding tert-OH is 1. The first-order valence-electron chi connectivity index (χ1n) is 10.9. The molecule has 2 amide bonds. The number of halogens is 2. The van der Waals surface area contributed by atoms with E-state index in [4.69, 9.17) is 21.1 Å². The largest absolute Gasteiger partial charge is 0.484 e. The zero-order valence-corrected chi connectivity index (χ0v) is 18.9. The van der Waals surface area contributed by atoms with Crippen LogP contribution in [0.15, 0.2) is 18.2 Å². The molecule has 4 aliphatic rings. The summed E-state index contributed by atoms with van der Waals surface area (Å²) in [5, 5.41) is 20.1. The van der Waals surface area contributed by atoms with Gasteiger partial charge >= 0.3 is 0 Å². The van der Waals surface area contributed by atoms with Crippen LogP contribution in [0, 0.1) is 5.82 Å². The van der Waals surface area contributed by atoms with E-state index >= 15 is 0 Å². The Kier molecular flexibility index (Phi) is 6.37. The predicted molar refractivity (Wildman–Crippen MR) is 115 cm³/mol. The molecular weight excluding hydrogens is 441 g/mol. The molecule has 0 spiro atoms. The monoisotopic (exact) mass is 469 g/mol. The van der Waals surface area contributed by atoms with Crippen molar-refractivity contribution >= 4 is 23.4 Å². The number of hydrogen-bond donors (Lipinski definition) is 4. The van der Waals surface area contributed by atoms with Crippen LogP contribution in [0.5, 0.6) is 5.75 Å². The topological polar surface area (TPSA) is 109 Å². The minimum atomic E-state index is -0.800. The van der Waals surface area contributed by atoms with Crippen molar-refractivity contribution in [2.24, 2.45) is 0 Å². The van der Waals surface area contributed by atoms with Crippen LogP contribution < -0.4 is 20.7 Å². The maximum absolute atomic E-state index is 13.5. The third-order valence-corrected chi connectivity index (χ3v) is 7.25. The maximum Gasteiger partial charge on any atom is 0.258 e. The highest BCUT2D eigenvalue weighted by molar-refractivity contribution is 6.30. The first kappa shape index (κ1) is 23.2. The number of fused-ring (bicyclic) bond motifs is 3. The van der Waals surface area contributed by atoms with Crippen molar-refractivity contribution in [1.82, 2.24) is 16.0 Å². The van der Waals surface area contributed by atoms with Gasteiger partial charge in [-0.2, -0.15) is 0 Å². The molecule has 4 atom stereocenters. The van der Waals surface area contributed by atoms with E-state index in [1.807, 2.05) is 13.8 Å². The van der Waals surface area contributed by atoms with Crippen molar-refractivity contribution in [2.75, 3.05) is 6.61 Å². The molecule has 1 aliphatic heterocycles. The molecule has 4 unspecified atom stereocenters. The van der Waals surface area contributed by atoms with Crippen LogP contribution in [0.1, 0.15) is 46.0 Å². The number of ether oxygens (including phenoxy) is 2. The zero-order chi connectivity index (χ0) is 23.1. The summed E-state index contributed by atoms with van der Waals surface area (Å²) in [5.74, 6) is -0.953. The fourth-order valence-electron chi connectivity index (χ4n) is 5.15. The van der Waals surface area contributed by atoms with E-state index in [9.17, 15) is 19.1 Å². The molecule has 1 aromatic carbocycles. The van der Waals surface area contributed by atoms with Crippen molar-refractivity contribution in [2.45, 2.75) is 81.5 Å². The van der Waals surface area contributed by atoms with Gasteiger partial charge in [-0.3, -0.25) is 14.9 Å². The van der Waals surface area contributed by atoms with E-state index in [0.717, 1.165) is 6.07 Å². The van der Waals surface area contributed by atoms with Crippen molar-refractivity contribution in [3.8, 4) is 5.75 Å². The van der Waals surface area contributed by atoms with E-state index in [1.165, 1.54) is 12.1 Å². The van der Waals surface area contributed by atoms with Crippen LogP contribution in [0.25, 0.3) is 0 Å². The normalized spacial score (nSPS) is 36.0. The van der Waals surface area contributed by atoms with Crippen molar-refractivity contribution < 1.29 is 28.6 Å².